The molecule has 0 heterocycles. The zero-order chi connectivity index (χ0) is 9.90. The molecule has 0 bridgehead atoms. The summed E-state index contributed by atoms with van der Waals surface area (Å²) in [5.74, 6) is 0. The second kappa shape index (κ2) is 3.49. The van der Waals surface area contributed by atoms with Crippen LogP contribution in [0.1, 0.15) is 0 Å². The maximum absolute atomic E-state index is 10.7. The fourth-order valence-electron chi connectivity index (χ4n) is 0.817. The Kier molecular flexibility index (Phi) is 2.57. The van der Waals surface area contributed by atoms with Gasteiger partial charge in [0, 0.05) is 0 Å². The Hall–Kier alpha value is -1.49. The van der Waals surface area contributed by atoms with Gasteiger partial charge in [-0.3, -0.25) is 4.55 Å². The van der Waals surface area contributed by atoms with Gasteiger partial charge in [0.15, 0.2) is 0 Å². The molecule has 0 spiro atoms. The first-order chi connectivity index (χ1) is 6.05. The molecule has 0 saturated heterocycles. The lowest BCUT2D eigenvalue weighted by atomic mass is 10.3. The Balaban J connectivity index is 3.45. The molecule has 0 aliphatic carbocycles. The Labute approximate surface area is 74.5 Å². The monoisotopic (exact) mass is 199 g/mol. The minimum atomic E-state index is -4.33. The Morgan fingerprint density at radius 3 is 2.46 bits per heavy atom. The van der Waals surface area contributed by atoms with Crippen LogP contribution < -0.4 is 0 Å². The number of isocyanates is 1. The smallest absolute Gasteiger partial charge is 0.282 e. The second-order valence-electron chi connectivity index (χ2n) is 2.15. The summed E-state index contributed by atoms with van der Waals surface area (Å²) in [7, 11) is -4.33. The summed E-state index contributed by atoms with van der Waals surface area (Å²) in [5.41, 5.74) is -0.125. The fraction of sp³-hybridized carbons (Fsp3) is 0. The van der Waals surface area contributed by atoms with Gasteiger partial charge in [0.2, 0.25) is 6.08 Å². The number of carbonyl (C=O) groups excluding carboxylic acids is 1. The van der Waals surface area contributed by atoms with Gasteiger partial charge < -0.3 is 0 Å². The maximum Gasteiger partial charge on any atom is 0.296 e. The van der Waals surface area contributed by atoms with Crippen molar-refractivity contribution in [2.75, 3.05) is 0 Å². The molecule has 0 atom stereocenters. The summed E-state index contributed by atoms with van der Waals surface area (Å²) < 4.78 is 30.1. The first-order valence-electron chi connectivity index (χ1n) is 3.20. The third-order valence-electron chi connectivity index (χ3n) is 1.31. The standard InChI is InChI=1S/C7H5NO4S/c9-5-8-6-3-1-2-4-7(6)13(10,11)12/h1-4H,(H,10,11,12). The first kappa shape index (κ1) is 9.60. The van der Waals surface area contributed by atoms with E-state index >= 15 is 0 Å². The summed E-state index contributed by atoms with van der Waals surface area (Å²) >= 11 is 0. The van der Waals surface area contributed by atoms with E-state index in [1.807, 2.05) is 0 Å². The number of hydrogen-bond acceptors (Lipinski definition) is 4. The van der Waals surface area contributed by atoms with Crippen LogP contribution in [-0.2, 0) is 14.9 Å². The molecule has 0 unspecified atom stereocenters. The highest BCUT2D eigenvalue weighted by Gasteiger charge is 2.13. The topological polar surface area (TPSA) is 83.8 Å². The van der Waals surface area contributed by atoms with Crippen molar-refractivity contribution >= 4 is 21.9 Å². The summed E-state index contributed by atoms with van der Waals surface area (Å²) in [6, 6.07) is 5.33. The predicted molar refractivity (Wildman–Crippen MR) is 44.0 cm³/mol. The van der Waals surface area contributed by atoms with Crippen molar-refractivity contribution in [2.24, 2.45) is 4.99 Å². The van der Waals surface area contributed by atoms with Crippen LogP contribution in [0.15, 0.2) is 34.2 Å². The van der Waals surface area contributed by atoms with Crippen LogP contribution in [-0.4, -0.2) is 19.1 Å². The number of para-hydroxylation sites is 1. The van der Waals surface area contributed by atoms with Gasteiger partial charge in [0.25, 0.3) is 10.1 Å². The summed E-state index contributed by atoms with van der Waals surface area (Å²) in [5, 5.41) is 0. The van der Waals surface area contributed by atoms with Crippen LogP contribution in [0.4, 0.5) is 5.69 Å². The Morgan fingerprint density at radius 2 is 1.92 bits per heavy atom. The summed E-state index contributed by atoms with van der Waals surface area (Å²) in [6.45, 7) is 0. The molecule has 0 fully saturated rings. The van der Waals surface area contributed by atoms with E-state index in [1.54, 1.807) is 0 Å². The molecule has 1 aromatic rings. The van der Waals surface area contributed by atoms with Crippen LogP contribution in [0.5, 0.6) is 0 Å². The lowest BCUT2D eigenvalue weighted by molar-refractivity contribution is 0.483. The average molecular weight is 199 g/mol. The van der Waals surface area contributed by atoms with E-state index < -0.39 is 15.0 Å². The molecule has 1 N–H and O–H groups in total. The van der Waals surface area contributed by atoms with Crippen molar-refractivity contribution in [1.29, 1.82) is 0 Å². The summed E-state index contributed by atoms with van der Waals surface area (Å²) in [4.78, 5) is 12.6. The Bertz CT molecular complexity index is 459. The largest absolute Gasteiger partial charge is 0.296 e. The molecule has 13 heavy (non-hydrogen) atoms. The minimum absolute atomic E-state index is 0.125. The van der Waals surface area contributed by atoms with E-state index in [2.05, 4.69) is 4.99 Å². The maximum atomic E-state index is 10.7. The van der Waals surface area contributed by atoms with E-state index in [4.69, 9.17) is 4.55 Å². The number of hydrogen-bond donors (Lipinski definition) is 1. The molecule has 0 saturated carbocycles. The normalized spacial score (nSPS) is 10.5. The molecule has 68 valence electrons. The van der Waals surface area contributed by atoms with Gasteiger partial charge in [0.1, 0.15) is 4.90 Å². The molecule has 0 radical (unpaired) electrons. The van der Waals surface area contributed by atoms with E-state index in [-0.39, 0.29) is 5.69 Å². The van der Waals surface area contributed by atoms with E-state index in [0.29, 0.717) is 0 Å². The van der Waals surface area contributed by atoms with E-state index in [9.17, 15) is 13.2 Å². The number of aliphatic imine (C=N–C) groups is 1. The third kappa shape index (κ3) is 2.22. The van der Waals surface area contributed by atoms with Crippen LogP contribution in [0.25, 0.3) is 0 Å². The lowest BCUT2D eigenvalue weighted by Gasteiger charge is -1.98. The molecule has 5 nitrogen and oxygen atoms in total. The predicted octanol–water partition coefficient (Wildman–Crippen LogP) is 0.901. The number of nitrogens with zero attached hydrogens (tertiary/aromatic N) is 1. The van der Waals surface area contributed by atoms with Gasteiger partial charge >= 0.3 is 0 Å². The van der Waals surface area contributed by atoms with Gasteiger partial charge in [-0.25, -0.2) is 4.79 Å². The van der Waals surface area contributed by atoms with Crippen molar-refractivity contribution in [3.63, 3.8) is 0 Å². The van der Waals surface area contributed by atoms with E-state index in [0.717, 1.165) is 6.07 Å². The zero-order valence-electron chi connectivity index (χ0n) is 6.34. The van der Waals surface area contributed by atoms with Crippen LogP contribution >= 0.6 is 0 Å². The van der Waals surface area contributed by atoms with Crippen LogP contribution in [0, 0.1) is 0 Å². The molecular formula is C7H5NO4S. The molecule has 0 aromatic heterocycles. The average Bonchev–Trinajstić information content (AvgIpc) is 2.04. The molecule has 0 aliphatic heterocycles. The molecule has 6 heteroatoms. The molecular weight excluding hydrogens is 194 g/mol. The second-order valence-corrected chi connectivity index (χ2v) is 3.54. The van der Waals surface area contributed by atoms with Gasteiger partial charge in [-0.1, -0.05) is 12.1 Å². The molecule has 0 amide bonds. The van der Waals surface area contributed by atoms with E-state index in [1.165, 1.54) is 24.3 Å². The van der Waals surface area contributed by atoms with Gasteiger partial charge in [-0.05, 0) is 12.1 Å². The third-order valence-corrected chi connectivity index (χ3v) is 2.21. The van der Waals surface area contributed by atoms with Gasteiger partial charge in [-0.2, -0.15) is 13.4 Å². The van der Waals surface area contributed by atoms with Crippen molar-refractivity contribution in [3.05, 3.63) is 24.3 Å². The SMILES string of the molecule is O=C=Nc1ccccc1S(=O)(=O)O. The van der Waals surface area contributed by atoms with Crippen molar-refractivity contribution in [3.8, 4) is 0 Å². The molecule has 0 aliphatic rings. The fourth-order valence-corrected chi connectivity index (χ4v) is 1.45. The van der Waals surface area contributed by atoms with Crippen LogP contribution in [0.2, 0.25) is 0 Å². The molecule has 1 rings (SSSR count). The zero-order valence-corrected chi connectivity index (χ0v) is 7.15. The lowest BCUT2D eigenvalue weighted by Crippen LogP contribution is -1.97. The highest BCUT2D eigenvalue weighted by atomic mass is 32.2. The first-order valence-corrected chi connectivity index (χ1v) is 4.64. The number of rotatable bonds is 2. The van der Waals surface area contributed by atoms with Gasteiger partial charge in [-0.15, -0.1) is 0 Å². The van der Waals surface area contributed by atoms with Crippen LogP contribution in [0.3, 0.4) is 0 Å². The number of benzene rings is 1. The quantitative estimate of drug-likeness (QED) is 0.435. The highest BCUT2D eigenvalue weighted by molar-refractivity contribution is 7.86. The van der Waals surface area contributed by atoms with Crippen molar-refractivity contribution in [2.45, 2.75) is 4.90 Å². The Morgan fingerprint density at radius 1 is 1.31 bits per heavy atom. The van der Waals surface area contributed by atoms with Crippen molar-refractivity contribution in [1.82, 2.24) is 0 Å². The van der Waals surface area contributed by atoms with Crippen molar-refractivity contribution < 1.29 is 17.8 Å². The minimum Gasteiger partial charge on any atom is -0.282 e. The summed E-state index contributed by atoms with van der Waals surface area (Å²) in [6.07, 6.45) is 1.20. The highest BCUT2D eigenvalue weighted by Crippen LogP contribution is 2.22. The van der Waals surface area contributed by atoms with Gasteiger partial charge in [0.05, 0.1) is 5.69 Å². The molecule has 1 aromatic carbocycles.